The molecule has 2 saturated heterocycles. The molecule has 0 bridgehead atoms. The summed E-state index contributed by atoms with van der Waals surface area (Å²) in [5.74, 6) is 1.02. The first-order chi connectivity index (χ1) is 13.8. The van der Waals surface area contributed by atoms with Gasteiger partial charge in [0.15, 0.2) is 5.96 Å². The Morgan fingerprint density at radius 1 is 1.14 bits per heavy atom. The summed E-state index contributed by atoms with van der Waals surface area (Å²) < 4.78 is 11.5. The fraction of sp³-hybridized carbons (Fsp3) is 0.682. The maximum Gasteiger partial charge on any atom is 0.194 e. The van der Waals surface area contributed by atoms with Crippen molar-refractivity contribution in [1.29, 1.82) is 0 Å². The highest BCUT2D eigenvalue weighted by molar-refractivity contribution is 14.0. The zero-order valence-corrected chi connectivity index (χ0v) is 20.3. The summed E-state index contributed by atoms with van der Waals surface area (Å²) in [6.07, 6.45) is 2.43. The second-order valence-electron chi connectivity index (χ2n) is 7.56. The Hall–Kier alpha value is -0.900. The molecule has 2 fully saturated rings. The third kappa shape index (κ3) is 7.70. The van der Waals surface area contributed by atoms with Gasteiger partial charge in [-0.2, -0.15) is 0 Å². The molecule has 2 aliphatic heterocycles. The molecule has 2 heterocycles. The van der Waals surface area contributed by atoms with Crippen LogP contribution in [-0.4, -0.2) is 81.4 Å². The van der Waals surface area contributed by atoms with Crippen molar-refractivity contribution in [3.8, 4) is 0 Å². The van der Waals surface area contributed by atoms with Crippen molar-refractivity contribution in [3.05, 3.63) is 35.4 Å². The molecule has 2 aliphatic rings. The van der Waals surface area contributed by atoms with E-state index in [1.165, 1.54) is 17.5 Å². The third-order valence-electron chi connectivity index (χ3n) is 5.48. The number of guanidine groups is 1. The maximum absolute atomic E-state index is 6.07. The van der Waals surface area contributed by atoms with Gasteiger partial charge in [0.1, 0.15) is 6.10 Å². The highest BCUT2D eigenvalue weighted by Gasteiger charge is 2.25. The number of nitrogens with one attached hydrogen (secondary N) is 1. The van der Waals surface area contributed by atoms with Crippen LogP contribution >= 0.6 is 24.0 Å². The summed E-state index contributed by atoms with van der Waals surface area (Å²) in [6, 6.07) is 8.52. The topological polar surface area (TPSA) is 49.3 Å². The summed E-state index contributed by atoms with van der Waals surface area (Å²) in [4.78, 5) is 9.75. The van der Waals surface area contributed by atoms with Gasteiger partial charge in [0, 0.05) is 32.7 Å². The summed E-state index contributed by atoms with van der Waals surface area (Å²) in [6.45, 7) is 13.6. The van der Waals surface area contributed by atoms with E-state index in [0.717, 1.165) is 78.0 Å². The lowest BCUT2D eigenvalue weighted by Gasteiger charge is -2.35. The molecular formula is C22H37IN4O2. The number of benzene rings is 1. The number of morpholine rings is 2. The minimum absolute atomic E-state index is 0. The monoisotopic (exact) mass is 516 g/mol. The van der Waals surface area contributed by atoms with Gasteiger partial charge in [-0.05, 0) is 44.4 Å². The van der Waals surface area contributed by atoms with Gasteiger partial charge in [-0.1, -0.05) is 24.3 Å². The second-order valence-corrected chi connectivity index (χ2v) is 7.56. The number of nitrogens with zero attached hydrogens (tertiary/aromatic N) is 3. The van der Waals surface area contributed by atoms with E-state index in [1.54, 1.807) is 0 Å². The van der Waals surface area contributed by atoms with E-state index in [2.05, 4.69) is 53.2 Å². The third-order valence-corrected chi connectivity index (χ3v) is 5.48. The van der Waals surface area contributed by atoms with Crippen LogP contribution < -0.4 is 5.32 Å². The van der Waals surface area contributed by atoms with E-state index in [4.69, 9.17) is 14.5 Å². The number of unbranched alkanes of at least 4 members (excludes halogenated alkanes) is 1. The maximum atomic E-state index is 6.07. The Bertz CT molecular complexity index is 623. The zero-order valence-electron chi connectivity index (χ0n) is 17.9. The van der Waals surface area contributed by atoms with Crippen molar-refractivity contribution < 1.29 is 9.47 Å². The molecule has 0 aliphatic carbocycles. The summed E-state index contributed by atoms with van der Waals surface area (Å²) in [5.41, 5.74) is 2.58. The smallest absolute Gasteiger partial charge is 0.194 e. The fourth-order valence-corrected chi connectivity index (χ4v) is 3.86. The molecule has 6 nitrogen and oxygen atoms in total. The lowest BCUT2D eigenvalue weighted by atomic mass is 10.0. The van der Waals surface area contributed by atoms with Gasteiger partial charge < -0.3 is 19.7 Å². The van der Waals surface area contributed by atoms with Crippen molar-refractivity contribution in [1.82, 2.24) is 15.1 Å². The van der Waals surface area contributed by atoms with Gasteiger partial charge >= 0.3 is 0 Å². The summed E-state index contributed by atoms with van der Waals surface area (Å²) in [5, 5.41) is 3.47. The van der Waals surface area contributed by atoms with E-state index < -0.39 is 0 Å². The number of aryl methyl sites for hydroxylation is 1. The van der Waals surface area contributed by atoms with Crippen LogP contribution in [0.15, 0.2) is 29.3 Å². The van der Waals surface area contributed by atoms with Crippen LogP contribution in [0.3, 0.4) is 0 Å². The van der Waals surface area contributed by atoms with E-state index in [1.807, 2.05) is 0 Å². The summed E-state index contributed by atoms with van der Waals surface area (Å²) in [7, 11) is 0. The quantitative estimate of drug-likeness (QED) is 0.261. The van der Waals surface area contributed by atoms with Crippen molar-refractivity contribution in [2.24, 2.45) is 4.99 Å². The van der Waals surface area contributed by atoms with Crippen LogP contribution in [0.4, 0.5) is 0 Å². The molecule has 1 aromatic rings. The van der Waals surface area contributed by atoms with Crippen LogP contribution in [0, 0.1) is 6.92 Å². The SMILES string of the molecule is CCNC(=NCCCCN1CCOCC1)N1CCOC(c2ccccc2C)C1.I. The first kappa shape index (κ1) is 24.4. The van der Waals surface area contributed by atoms with Crippen LogP contribution in [0.25, 0.3) is 0 Å². The molecule has 1 aromatic carbocycles. The van der Waals surface area contributed by atoms with Gasteiger partial charge in [-0.15, -0.1) is 24.0 Å². The molecule has 0 amide bonds. The standard InChI is InChI=1S/C22H36N4O2.HI/c1-3-23-22(24-10-6-7-11-25-12-15-27-16-13-25)26-14-17-28-21(18-26)20-9-5-4-8-19(20)2;/h4-5,8-9,21H,3,6-7,10-18H2,1-2H3,(H,23,24);1H. The number of hydrogen-bond donors (Lipinski definition) is 1. The van der Waals surface area contributed by atoms with Gasteiger partial charge in [0.2, 0.25) is 0 Å². The largest absolute Gasteiger partial charge is 0.379 e. The molecular weight excluding hydrogens is 479 g/mol. The van der Waals surface area contributed by atoms with E-state index in [-0.39, 0.29) is 30.1 Å². The molecule has 0 spiro atoms. The average molecular weight is 516 g/mol. The lowest BCUT2D eigenvalue weighted by molar-refractivity contribution is -0.00833. The summed E-state index contributed by atoms with van der Waals surface area (Å²) >= 11 is 0. The Balaban J connectivity index is 0.00000300. The predicted molar refractivity (Wildman–Crippen MR) is 129 cm³/mol. The van der Waals surface area contributed by atoms with E-state index in [0.29, 0.717) is 0 Å². The zero-order chi connectivity index (χ0) is 19.6. The van der Waals surface area contributed by atoms with Gasteiger partial charge in [-0.3, -0.25) is 9.89 Å². The number of aliphatic imine (C=N–C) groups is 1. The number of rotatable bonds is 7. The highest BCUT2D eigenvalue weighted by atomic mass is 127. The van der Waals surface area contributed by atoms with Gasteiger partial charge in [0.25, 0.3) is 0 Å². The Labute approximate surface area is 193 Å². The van der Waals surface area contributed by atoms with Crippen LogP contribution in [0.1, 0.15) is 37.0 Å². The molecule has 1 N–H and O–H groups in total. The predicted octanol–water partition coefficient (Wildman–Crippen LogP) is 3.06. The van der Waals surface area contributed by atoms with Crippen molar-refractivity contribution in [3.63, 3.8) is 0 Å². The van der Waals surface area contributed by atoms with Crippen molar-refractivity contribution in [2.45, 2.75) is 32.8 Å². The molecule has 7 heteroatoms. The minimum Gasteiger partial charge on any atom is -0.379 e. The van der Waals surface area contributed by atoms with Crippen LogP contribution in [-0.2, 0) is 9.47 Å². The molecule has 164 valence electrons. The van der Waals surface area contributed by atoms with Gasteiger partial charge in [-0.25, -0.2) is 0 Å². The molecule has 0 saturated carbocycles. The number of hydrogen-bond acceptors (Lipinski definition) is 4. The Kier molecular flexibility index (Phi) is 11.3. The number of halogens is 1. The highest BCUT2D eigenvalue weighted by Crippen LogP contribution is 2.25. The van der Waals surface area contributed by atoms with Gasteiger partial charge in [0.05, 0.1) is 26.4 Å². The van der Waals surface area contributed by atoms with Crippen LogP contribution in [0.2, 0.25) is 0 Å². The molecule has 1 unspecified atom stereocenters. The Morgan fingerprint density at radius 2 is 1.93 bits per heavy atom. The minimum atomic E-state index is 0. The second kappa shape index (κ2) is 13.4. The van der Waals surface area contributed by atoms with Crippen molar-refractivity contribution >= 4 is 29.9 Å². The number of ether oxygens (including phenoxy) is 2. The Morgan fingerprint density at radius 3 is 2.69 bits per heavy atom. The molecule has 0 radical (unpaired) electrons. The molecule has 1 atom stereocenters. The molecule has 0 aromatic heterocycles. The first-order valence-corrected chi connectivity index (χ1v) is 10.8. The fourth-order valence-electron chi connectivity index (χ4n) is 3.86. The lowest BCUT2D eigenvalue weighted by Crippen LogP contribution is -2.48. The molecule has 3 rings (SSSR count). The first-order valence-electron chi connectivity index (χ1n) is 10.8. The van der Waals surface area contributed by atoms with E-state index >= 15 is 0 Å². The average Bonchev–Trinajstić information content (AvgIpc) is 2.74. The normalized spacial score (nSPS) is 21.0. The van der Waals surface area contributed by atoms with Crippen molar-refractivity contribution in [2.75, 3.05) is 65.6 Å². The molecule has 29 heavy (non-hydrogen) atoms. The van der Waals surface area contributed by atoms with E-state index in [9.17, 15) is 0 Å². The van der Waals surface area contributed by atoms with Crippen LogP contribution in [0.5, 0.6) is 0 Å².